The monoisotopic (exact) mass is 298 g/mol. The SMILES string of the molecule is CC(=O)c1cc([N+](=O)[O-])c(N(CCCO)C2CCC2)s1. The zero-order valence-electron chi connectivity index (χ0n) is 11.4. The van der Waals surface area contributed by atoms with Crippen molar-refractivity contribution >= 4 is 27.8 Å². The maximum atomic E-state index is 11.5. The van der Waals surface area contributed by atoms with Gasteiger partial charge in [-0.2, -0.15) is 0 Å². The van der Waals surface area contributed by atoms with Crippen molar-refractivity contribution in [2.45, 2.75) is 38.6 Å². The van der Waals surface area contributed by atoms with Gasteiger partial charge in [0.05, 0.1) is 9.80 Å². The van der Waals surface area contributed by atoms with Gasteiger partial charge in [0.1, 0.15) is 0 Å². The van der Waals surface area contributed by atoms with Gasteiger partial charge in [0, 0.05) is 25.3 Å². The minimum absolute atomic E-state index is 0.00467. The molecule has 0 aromatic carbocycles. The average Bonchev–Trinajstić information content (AvgIpc) is 2.76. The number of nitro groups is 1. The Balaban J connectivity index is 2.34. The van der Waals surface area contributed by atoms with E-state index in [-0.39, 0.29) is 18.1 Å². The highest BCUT2D eigenvalue weighted by Crippen LogP contribution is 2.41. The number of aliphatic hydroxyl groups is 1. The average molecular weight is 298 g/mol. The van der Waals surface area contributed by atoms with Crippen LogP contribution in [0.4, 0.5) is 10.7 Å². The van der Waals surface area contributed by atoms with Crippen molar-refractivity contribution in [1.82, 2.24) is 0 Å². The molecule has 0 amide bonds. The highest BCUT2D eigenvalue weighted by Gasteiger charge is 2.32. The van der Waals surface area contributed by atoms with Gasteiger partial charge in [-0.15, -0.1) is 11.3 Å². The molecule has 7 heteroatoms. The van der Waals surface area contributed by atoms with E-state index in [9.17, 15) is 14.9 Å². The third-order valence-electron chi connectivity index (χ3n) is 3.57. The molecule has 1 fully saturated rings. The standard InChI is InChI=1S/C13H18N2O4S/c1-9(17)12-8-11(15(18)19)13(20-12)14(6-3-7-16)10-4-2-5-10/h8,10,16H,2-7H2,1H3. The number of ketones is 1. The van der Waals surface area contributed by atoms with Crippen LogP contribution < -0.4 is 4.90 Å². The van der Waals surface area contributed by atoms with E-state index >= 15 is 0 Å². The summed E-state index contributed by atoms with van der Waals surface area (Å²) in [5, 5.41) is 20.7. The summed E-state index contributed by atoms with van der Waals surface area (Å²) in [5.41, 5.74) is 0.00467. The third-order valence-corrected chi connectivity index (χ3v) is 4.83. The van der Waals surface area contributed by atoms with Crippen molar-refractivity contribution in [3.63, 3.8) is 0 Å². The lowest BCUT2D eigenvalue weighted by Crippen LogP contribution is -2.41. The Bertz CT molecular complexity index is 510. The number of hydrogen-bond acceptors (Lipinski definition) is 6. The normalized spacial score (nSPS) is 14.9. The molecule has 0 radical (unpaired) electrons. The molecule has 1 aliphatic carbocycles. The van der Waals surface area contributed by atoms with Crippen LogP contribution in [0.5, 0.6) is 0 Å². The van der Waals surface area contributed by atoms with Gasteiger partial charge in [-0.1, -0.05) is 0 Å². The van der Waals surface area contributed by atoms with E-state index in [0.29, 0.717) is 28.9 Å². The van der Waals surface area contributed by atoms with Crippen molar-refractivity contribution in [2.24, 2.45) is 0 Å². The van der Waals surface area contributed by atoms with Crippen LogP contribution in [0.15, 0.2) is 6.07 Å². The zero-order chi connectivity index (χ0) is 14.7. The molecular formula is C13H18N2O4S. The Morgan fingerprint density at radius 1 is 1.60 bits per heavy atom. The van der Waals surface area contributed by atoms with Crippen LogP contribution in [0.1, 0.15) is 42.3 Å². The number of hydrogen-bond donors (Lipinski definition) is 1. The summed E-state index contributed by atoms with van der Waals surface area (Å²) in [7, 11) is 0. The van der Waals surface area contributed by atoms with Gasteiger partial charge in [-0.25, -0.2) is 0 Å². The van der Waals surface area contributed by atoms with Gasteiger partial charge in [-0.05, 0) is 32.6 Å². The highest BCUT2D eigenvalue weighted by molar-refractivity contribution is 7.18. The second-order valence-electron chi connectivity index (χ2n) is 4.97. The van der Waals surface area contributed by atoms with E-state index in [4.69, 9.17) is 5.11 Å². The first-order valence-electron chi connectivity index (χ1n) is 6.71. The van der Waals surface area contributed by atoms with Gasteiger partial charge >= 0.3 is 5.69 Å². The molecule has 1 aromatic heterocycles. The van der Waals surface area contributed by atoms with Gasteiger partial charge in [0.15, 0.2) is 10.8 Å². The molecule has 1 aliphatic rings. The first kappa shape index (κ1) is 14.9. The van der Waals surface area contributed by atoms with Crippen LogP contribution in [0, 0.1) is 10.1 Å². The second-order valence-corrected chi connectivity index (χ2v) is 6.00. The first-order chi connectivity index (χ1) is 9.54. The Labute approximate surface area is 121 Å². The van der Waals surface area contributed by atoms with Crippen LogP contribution >= 0.6 is 11.3 Å². The largest absolute Gasteiger partial charge is 0.396 e. The summed E-state index contributed by atoms with van der Waals surface area (Å²) in [6, 6.07) is 1.66. The molecule has 2 rings (SSSR count). The van der Waals surface area contributed by atoms with Crippen molar-refractivity contribution in [2.75, 3.05) is 18.1 Å². The topological polar surface area (TPSA) is 83.7 Å². The predicted molar refractivity (Wildman–Crippen MR) is 77.7 cm³/mol. The van der Waals surface area contributed by atoms with E-state index < -0.39 is 4.92 Å². The fourth-order valence-corrected chi connectivity index (χ4v) is 3.39. The molecule has 0 bridgehead atoms. The molecule has 0 atom stereocenters. The van der Waals surface area contributed by atoms with Gasteiger partial charge < -0.3 is 10.0 Å². The van der Waals surface area contributed by atoms with Crippen LogP contribution in [0.3, 0.4) is 0 Å². The first-order valence-corrected chi connectivity index (χ1v) is 7.53. The Hall–Kier alpha value is -1.47. The highest BCUT2D eigenvalue weighted by atomic mass is 32.1. The molecule has 110 valence electrons. The van der Waals surface area contributed by atoms with Crippen LogP contribution in [-0.2, 0) is 0 Å². The molecule has 6 nitrogen and oxygen atoms in total. The summed E-state index contributed by atoms with van der Waals surface area (Å²) < 4.78 is 0. The number of rotatable bonds is 7. The van der Waals surface area contributed by atoms with Crippen molar-refractivity contribution < 1.29 is 14.8 Å². The molecule has 1 aromatic rings. The van der Waals surface area contributed by atoms with Crippen LogP contribution in [-0.4, -0.2) is 35.0 Å². The van der Waals surface area contributed by atoms with Crippen LogP contribution in [0.2, 0.25) is 0 Å². The lowest BCUT2D eigenvalue weighted by Gasteiger charge is -2.37. The minimum atomic E-state index is -0.428. The molecule has 20 heavy (non-hydrogen) atoms. The number of carbonyl (C=O) groups is 1. The second kappa shape index (κ2) is 6.32. The Kier molecular flexibility index (Phi) is 4.72. The van der Waals surface area contributed by atoms with E-state index in [2.05, 4.69) is 0 Å². The predicted octanol–water partition coefficient (Wildman–Crippen LogP) is 2.60. The number of nitrogens with zero attached hydrogens (tertiary/aromatic N) is 2. The maximum absolute atomic E-state index is 11.5. The zero-order valence-corrected chi connectivity index (χ0v) is 12.2. The van der Waals surface area contributed by atoms with Crippen molar-refractivity contribution in [3.05, 3.63) is 21.1 Å². The van der Waals surface area contributed by atoms with Gasteiger partial charge in [0.25, 0.3) is 0 Å². The lowest BCUT2D eigenvalue weighted by atomic mass is 9.91. The molecule has 1 saturated carbocycles. The fraction of sp³-hybridized carbons (Fsp3) is 0.615. The maximum Gasteiger partial charge on any atom is 0.304 e. The molecule has 0 aliphatic heterocycles. The number of anilines is 1. The Morgan fingerprint density at radius 3 is 2.75 bits per heavy atom. The van der Waals surface area contributed by atoms with Crippen molar-refractivity contribution in [1.29, 1.82) is 0 Å². The summed E-state index contributed by atoms with van der Waals surface area (Å²) in [4.78, 5) is 24.6. The molecule has 0 spiro atoms. The van der Waals surface area contributed by atoms with E-state index in [1.807, 2.05) is 4.90 Å². The van der Waals surface area contributed by atoms with Gasteiger partial charge in [0.2, 0.25) is 0 Å². The van der Waals surface area contributed by atoms with E-state index in [1.54, 1.807) is 0 Å². The molecule has 0 unspecified atom stereocenters. The van der Waals surface area contributed by atoms with Gasteiger partial charge in [-0.3, -0.25) is 14.9 Å². The number of Topliss-reactive ketones (excluding diaryl/α,β-unsaturated/α-hetero) is 1. The van der Waals surface area contributed by atoms with Crippen molar-refractivity contribution in [3.8, 4) is 0 Å². The summed E-state index contributed by atoms with van der Waals surface area (Å²) in [6.45, 7) is 2.06. The smallest absolute Gasteiger partial charge is 0.304 e. The minimum Gasteiger partial charge on any atom is -0.396 e. The van der Waals surface area contributed by atoms with E-state index in [1.165, 1.54) is 24.3 Å². The number of carbonyl (C=O) groups excluding carboxylic acids is 1. The molecule has 1 heterocycles. The van der Waals surface area contributed by atoms with Crippen LogP contribution in [0.25, 0.3) is 0 Å². The molecular weight excluding hydrogens is 280 g/mol. The molecule has 1 N–H and O–H groups in total. The van der Waals surface area contributed by atoms with E-state index in [0.717, 1.165) is 19.3 Å². The number of aliphatic hydroxyl groups excluding tert-OH is 1. The Morgan fingerprint density at radius 2 is 2.30 bits per heavy atom. The molecule has 0 saturated heterocycles. The summed E-state index contributed by atoms with van der Waals surface area (Å²) >= 11 is 1.19. The third kappa shape index (κ3) is 2.99. The quantitative estimate of drug-likeness (QED) is 0.475. The summed E-state index contributed by atoms with van der Waals surface area (Å²) in [6.07, 6.45) is 3.71. The summed E-state index contributed by atoms with van der Waals surface area (Å²) in [5.74, 6) is -0.153. The number of thiophene rings is 1. The lowest BCUT2D eigenvalue weighted by molar-refractivity contribution is -0.383. The fourth-order valence-electron chi connectivity index (χ4n) is 2.27.